The predicted molar refractivity (Wildman–Crippen MR) is 72.6 cm³/mol. The van der Waals surface area contributed by atoms with Gasteiger partial charge in [-0.25, -0.2) is 4.39 Å². The molecule has 1 aromatic rings. The molecule has 0 radical (unpaired) electrons. The third kappa shape index (κ3) is 3.67. The number of aromatic hydroxyl groups is 1. The molecule has 0 heterocycles. The molecule has 106 valence electrons. The van der Waals surface area contributed by atoms with Crippen LogP contribution >= 0.6 is 0 Å². The van der Waals surface area contributed by atoms with Crippen molar-refractivity contribution < 1.29 is 14.2 Å². The summed E-state index contributed by atoms with van der Waals surface area (Å²) in [7, 11) is 1.72. The molecule has 1 unspecified atom stereocenters. The van der Waals surface area contributed by atoms with Crippen LogP contribution < -0.4 is 5.32 Å². The lowest BCUT2D eigenvalue weighted by Crippen LogP contribution is -2.28. The third-order valence-electron chi connectivity index (χ3n) is 4.03. The molecule has 1 aromatic carbocycles. The van der Waals surface area contributed by atoms with E-state index >= 15 is 0 Å². The fourth-order valence-electron chi connectivity index (χ4n) is 2.36. The van der Waals surface area contributed by atoms with Crippen molar-refractivity contribution in [2.45, 2.75) is 32.2 Å². The molecule has 2 rings (SSSR count). The molecule has 2 N–H and O–H groups in total. The van der Waals surface area contributed by atoms with Gasteiger partial charge in [0.1, 0.15) is 11.6 Å². The van der Waals surface area contributed by atoms with Gasteiger partial charge in [-0.2, -0.15) is 0 Å². The van der Waals surface area contributed by atoms with Crippen molar-refractivity contribution in [3.63, 3.8) is 0 Å². The Labute approximate surface area is 113 Å². The molecule has 1 aliphatic rings. The van der Waals surface area contributed by atoms with Gasteiger partial charge in [0.2, 0.25) is 0 Å². The molecular formula is C15H22FNO2. The van der Waals surface area contributed by atoms with Gasteiger partial charge in [0.25, 0.3) is 0 Å². The lowest BCUT2D eigenvalue weighted by molar-refractivity contribution is 0.170. The number of halogens is 1. The Bertz CT molecular complexity index is 432. The van der Waals surface area contributed by atoms with E-state index in [1.54, 1.807) is 13.2 Å². The molecule has 0 bridgehead atoms. The topological polar surface area (TPSA) is 41.5 Å². The molecule has 1 atom stereocenters. The highest BCUT2D eigenvalue weighted by molar-refractivity contribution is 5.29. The van der Waals surface area contributed by atoms with E-state index in [1.165, 1.54) is 18.9 Å². The first-order chi connectivity index (χ1) is 9.06. The minimum Gasteiger partial charge on any atom is -0.508 e. The Hall–Kier alpha value is -1.13. The molecular weight excluding hydrogens is 245 g/mol. The average Bonchev–Trinajstić information content (AvgIpc) is 3.14. The predicted octanol–water partition coefficient (Wildman–Crippen LogP) is 3.00. The summed E-state index contributed by atoms with van der Waals surface area (Å²) >= 11 is 0. The normalized spacial score (nSPS) is 18.3. The molecule has 19 heavy (non-hydrogen) atoms. The van der Waals surface area contributed by atoms with Crippen molar-refractivity contribution in [2.24, 2.45) is 5.41 Å². The van der Waals surface area contributed by atoms with Crippen LogP contribution in [0.15, 0.2) is 18.2 Å². The summed E-state index contributed by atoms with van der Waals surface area (Å²) < 4.78 is 18.8. The molecule has 0 saturated heterocycles. The Balaban J connectivity index is 1.89. The van der Waals surface area contributed by atoms with Gasteiger partial charge < -0.3 is 15.2 Å². The highest BCUT2D eigenvalue weighted by Gasteiger charge is 2.41. The SMILES string of the molecule is COCCC1(CNC(C)c2ccc(O)cc2F)CC1. The standard InChI is InChI=1S/C15H22FNO2/c1-11(13-4-3-12(18)9-14(13)16)17-10-15(5-6-15)7-8-19-2/h3-4,9,11,17-18H,5-8,10H2,1-2H3. The van der Waals surface area contributed by atoms with Crippen molar-refractivity contribution in [3.05, 3.63) is 29.6 Å². The van der Waals surface area contributed by atoms with Gasteiger partial charge in [0.05, 0.1) is 0 Å². The van der Waals surface area contributed by atoms with Crippen LogP contribution in [-0.2, 0) is 4.74 Å². The molecule has 0 amide bonds. The van der Waals surface area contributed by atoms with Crippen molar-refractivity contribution >= 4 is 0 Å². The molecule has 0 aromatic heterocycles. The Kier molecular flexibility index (Phi) is 4.42. The highest BCUT2D eigenvalue weighted by atomic mass is 19.1. The van der Waals surface area contributed by atoms with Gasteiger partial charge in [-0.3, -0.25) is 0 Å². The van der Waals surface area contributed by atoms with E-state index in [9.17, 15) is 9.50 Å². The zero-order valence-electron chi connectivity index (χ0n) is 11.6. The Morgan fingerprint density at radius 3 is 2.79 bits per heavy atom. The summed E-state index contributed by atoms with van der Waals surface area (Å²) in [4.78, 5) is 0. The van der Waals surface area contributed by atoms with Crippen LogP contribution in [0.2, 0.25) is 0 Å². The van der Waals surface area contributed by atoms with Crippen molar-refractivity contribution in [1.82, 2.24) is 5.32 Å². The summed E-state index contributed by atoms with van der Waals surface area (Å²) in [6.45, 7) is 3.61. The third-order valence-corrected chi connectivity index (χ3v) is 4.03. The van der Waals surface area contributed by atoms with Crippen LogP contribution in [0.5, 0.6) is 5.75 Å². The van der Waals surface area contributed by atoms with Crippen LogP contribution in [0.1, 0.15) is 37.8 Å². The number of phenolic OH excluding ortho intramolecular Hbond substituents is 1. The number of nitrogens with one attached hydrogen (secondary N) is 1. The molecule has 3 nitrogen and oxygen atoms in total. The first-order valence-corrected chi connectivity index (χ1v) is 6.77. The van der Waals surface area contributed by atoms with Gasteiger partial charge in [-0.15, -0.1) is 0 Å². The monoisotopic (exact) mass is 267 g/mol. The maximum Gasteiger partial charge on any atom is 0.131 e. The first kappa shape index (κ1) is 14.3. The second-order valence-electron chi connectivity index (χ2n) is 5.55. The van der Waals surface area contributed by atoms with E-state index in [-0.39, 0.29) is 17.6 Å². The van der Waals surface area contributed by atoms with E-state index in [2.05, 4.69) is 5.32 Å². The minimum absolute atomic E-state index is 0.0350. The quantitative estimate of drug-likeness (QED) is 0.798. The van der Waals surface area contributed by atoms with Crippen molar-refractivity contribution in [1.29, 1.82) is 0 Å². The van der Waals surface area contributed by atoms with E-state index in [0.29, 0.717) is 11.0 Å². The number of benzene rings is 1. The molecule has 1 aliphatic carbocycles. The largest absolute Gasteiger partial charge is 0.508 e. The Morgan fingerprint density at radius 1 is 1.47 bits per heavy atom. The zero-order valence-corrected chi connectivity index (χ0v) is 11.6. The molecule has 0 spiro atoms. The van der Waals surface area contributed by atoms with E-state index in [1.807, 2.05) is 6.92 Å². The second kappa shape index (κ2) is 5.88. The van der Waals surface area contributed by atoms with E-state index < -0.39 is 0 Å². The molecule has 1 fully saturated rings. The first-order valence-electron chi connectivity index (χ1n) is 6.77. The maximum atomic E-state index is 13.7. The minimum atomic E-state index is -0.360. The summed E-state index contributed by atoms with van der Waals surface area (Å²) in [6.07, 6.45) is 3.49. The van der Waals surface area contributed by atoms with Crippen LogP contribution in [0, 0.1) is 11.2 Å². The molecule has 0 aliphatic heterocycles. The van der Waals surface area contributed by atoms with Gasteiger partial charge in [-0.05, 0) is 37.7 Å². The summed E-state index contributed by atoms with van der Waals surface area (Å²) in [5.41, 5.74) is 0.942. The second-order valence-corrected chi connectivity index (χ2v) is 5.55. The number of phenols is 1. The fourth-order valence-corrected chi connectivity index (χ4v) is 2.36. The van der Waals surface area contributed by atoms with E-state index in [4.69, 9.17) is 4.74 Å². The van der Waals surface area contributed by atoms with Gasteiger partial charge in [0.15, 0.2) is 0 Å². The van der Waals surface area contributed by atoms with Crippen LogP contribution in [-0.4, -0.2) is 25.4 Å². The molecule has 4 heteroatoms. The van der Waals surface area contributed by atoms with Gasteiger partial charge >= 0.3 is 0 Å². The number of methoxy groups -OCH3 is 1. The van der Waals surface area contributed by atoms with Crippen LogP contribution in [0.25, 0.3) is 0 Å². The number of rotatable bonds is 7. The summed E-state index contributed by atoms with van der Waals surface area (Å²) in [6, 6.07) is 4.26. The number of hydrogen-bond donors (Lipinski definition) is 2. The smallest absolute Gasteiger partial charge is 0.131 e. The van der Waals surface area contributed by atoms with Crippen LogP contribution in [0.4, 0.5) is 4.39 Å². The lowest BCUT2D eigenvalue weighted by Gasteiger charge is -2.20. The lowest BCUT2D eigenvalue weighted by atomic mass is 10.0. The number of ether oxygens (including phenoxy) is 1. The highest BCUT2D eigenvalue weighted by Crippen LogP contribution is 2.48. The fraction of sp³-hybridized carbons (Fsp3) is 0.600. The van der Waals surface area contributed by atoms with E-state index in [0.717, 1.165) is 25.6 Å². The number of hydrogen-bond acceptors (Lipinski definition) is 3. The van der Waals surface area contributed by atoms with Crippen LogP contribution in [0.3, 0.4) is 0 Å². The summed E-state index contributed by atoms with van der Waals surface area (Å²) in [5.74, 6) is -0.394. The Morgan fingerprint density at radius 2 is 2.21 bits per heavy atom. The zero-order chi connectivity index (χ0) is 13.9. The van der Waals surface area contributed by atoms with Gasteiger partial charge in [-0.1, -0.05) is 6.07 Å². The summed E-state index contributed by atoms with van der Waals surface area (Å²) in [5, 5.41) is 12.6. The van der Waals surface area contributed by atoms with Crippen molar-refractivity contribution in [2.75, 3.05) is 20.3 Å². The maximum absolute atomic E-state index is 13.7. The van der Waals surface area contributed by atoms with Gasteiger partial charge in [0, 0.05) is 37.9 Å². The average molecular weight is 267 g/mol. The molecule has 1 saturated carbocycles. The van der Waals surface area contributed by atoms with Crippen molar-refractivity contribution in [3.8, 4) is 5.75 Å².